The second-order valence-corrected chi connectivity index (χ2v) is 4.95. The summed E-state index contributed by atoms with van der Waals surface area (Å²) in [5.41, 5.74) is 1.87. The Morgan fingerprint density at radius 3 is 2.25 bits per heavy atom. The lowest BCUT2D eigenvalue weighted by Gasteiger charge is -2.17. The Morgan fingerprint density at radius 1 is 1.04 bits per heavy atom. The molecule has 24 heavy (non-hydrogen) atoms. The molecule has 0 saturated heterocycles. The van der Waals surface area contributed by atoms with Crippen LogP contribution in [0, 0.1) is 0 Å². The minimum Gasteiger partial charge on any atom is -0.493 e. The molecule has 3 rings (SSSR count). The fourth-order valence-corrected chi connectivity index (χ4v) is 2.58. The first-order chi connectivity index (χ1) is 11.6. The first-order valence-electron chi connectivity index (χ1n) is 7.09. The molecule has 8 heteroatoms. The van der Waals surface area contributed by atoms with Crippen LogP contribution in [-0.2, 0) is 0 Å². The van der Waals surface area contributed by atoms with Gasteiger partial charge in [0.25, 0.3) is 0 Å². The van der Waals surface area contributed by atoms with Gasteiger partial charge in [0.05, 0.1) is 38.8 Å². The maximum Gasteiger partial charge on any atom is 0.203 e. The molecule has 0 saturated carbocycles. The highest BCUT2D eigenvalue weighted by molar-refractivity contribution is 5.72. The van der Waals surface area contributed by atoms with Crippen molar-refractivity contribution in [3.05, 3.63) is 36.2 Å². The second kappa shape index (κ2) is 6.34. The molecular weight excluding hydrogens is 314 g/mol. The summed E-state index contributed by atoms with van der Waals surface area (Å²) < 4.78 is 17.6. The van der Waals surface area contributed by atoms with Crippen molar-refractivity contribution in [3.8, 4) is 28.5 Å². The van der Waals surface area contributed by atoms with Crippen LogP contribution in [0.5, 0.6) is 17.2 Å². The summed E-state index contributed by atoms with van der Waals surface area (Å²) in [6.07, 6.45) is 1.28. The van der Waals surface area contributed by atoms with E-state index >= 15 is 0 Å². The number of methoxy groups -OCH3 is 3. The van der Waals surface area contributed by atoms with Gasteiger partial charge in [0.1, 0.15) is 0 Å². The van der Waals surface area contributed by atoms with Gasteiger partial charge in [-0.2, -0.15) is 5.10 Å². The van der Waals surface area contributed by atoms with E-state index in [2.05, 4.69) is 10.1 Å². The summed E-state index contributed by atoms with van der Waals surface area (Å²) >= 11 is 0. The molecule has 8 nitrogen and oxygen atoms in total. The molecule has 2 N–H and O–H groups in total. The van der Waals surface area contributed by atoms with Gasteiger partial charge in [-0.3, -0.25) is 0 Å². The van der Waals surface area contributed by atoms with Crippen molar-refractivity contribution in [1.29, 1.82) is 0 Å². The number of aromatic nitrogens is 3. The number of rotatable bonds is 5. The zero-order valence-electron chi connectivity index (χ0n) is 13.4. The Morgan fingerprint density at radius 2 is 1.71 bits per heavy atom. The van der Waals surface area contributed by atoms with Gasteiger partial charge in [-0.15, -0.1) is 0 Å². The van der Waals surface area contributed by atoms with Crippen LogP contribution in [0.4, 0.5) is 0 Å². The molecule has 0 amide bonds. The third-order valence-electron chi connectivity index (χ3n) is 3.66. The van der Waals surface area contributed by atoms with Gasteiger partial charge in [0, 0.05) is 17.8 Å². The molecule has 0 unspecified atom stereocenters. The van der Waals surface area contributed by atoms with Crippen molar-refractivity contribution in [1.82, 2.24) is 14.6 Å². The molecule has 0 atom stereocenters. The van der Waals surface area contributed by atoms with E-state index in [-0.39, 0.29) is 5.56 Å². The first-order valence-corrected chi connectivity index (χ1v) is 7.09. The van der Waals surface area contributed by atoms with Crippen molar-refractivity contribution in [3.63, 3.8) is 0 Å². The molecule has 2 aromatic heterocycles. The summed E-state index contributed by atoms with van der Waals surface area (Å²) in [5, 5.41) is 23.6. The van der Waals surface area contributed by atoms with Gasteiger partial charge < -0.3 is 24.4 Å². The van der Waals surface area contributed by atoms with Gasteiger partial charge in [-0.25, -0.2) is 9.50 Å². The topological polar surface area (TPSA) is 98.3 Å². The van der Waals surface area contributed by atoms with Gasteiger partial charge in [0.2, 0.25) is 5.75 Å². The molecule has 0 aliphatic heterocycles. The number of benzene rings is 1. The van der Waals surface area contributed by atoms with Gasteiger partial charge in [0.15, 0.2) is 23.4 Å². The summed E-state index contributed by atoms with van der Waals surface area (Å²) in [4.78, 5) is 4.16. The first kappa shape index (κ1) is 16.0. The second-order valence-electron chi connectivity index (χ2n) is 4.95. The predicted molar refractivity (Wildman–Crippen MR) is 85.3 cm³/mol. The zero-order chi connectivity index (χ0) is 17.3. The summed E-state index contributed by atoms with van der Waals surface area (Å²) in [6, 6.07) is 5.14. The minimum atomic E-state index is -1.71. The van der Waals surface area contributed by atoms with Crippen molar-refractivity contribution in [2.45, 2.75) is 6.29 Å². The number of nitrogens with zero attached hydrogens (tertiary/aromatic N) is 3. The quantitative estimate of drug-likeness (QED) is 0.682. The van der Waals surface area contributed by atoms with E-state index in [1.165, 1.54) is 32.0 Å². The van der Waals surface area contributed by atoms with E-state index in [9.17, 15) is 10.2 Å². The lowest BCUT2D eigenvalue weighted by molar-refractivity contribution is -0.0425. The number of aliphatic hydroxyl groups excluding tert-OH is 1. The van der Waals surface area contributed by atoms with Crippen molar-refractivity contribution in [2.75, 3.05) is 21.3 Å². The highest BCUT2D eigenvalue weighted by atomic mass is 16.5. The molecule has 3 aromatic rings. The molecule has 1 aromatic carbocycles. The fourth-order valence-electron chi connectivity index (χ4n) is 2.58. The average Bonchev–Trinajstić information content (AvgIpc) is 3.07. The third-order valence-corrected chi connectivity index (χ3v) is 3.66. The third kappa shape index (κ3) is 2.51. The van der Waals surface area contributed by atoms with Crippen LogP contribution in [-0.4, -0.2) is 46.1 Å². The molecule has 0 spiro atoms. The van der Waals surface area contributed by atoms with Crippen LogP contribution in [0.2, 0.25) is 0 Å². The molecule has 0 radical (unpaired) electrons. The number of fused-ring (bicyclic) bond motifs is 1. The molecule has 0 aliphatic rings. The SMILES string of the molecule is COc1cc(-c2c(C(O)O)cnc3ccnn23)cc(OC)c1OC. The molecule has 0 fully saturated rings. The number of ether oxygens (including phenoxy) is 3. The summed E-state index contributed by atoms with van der Waals surface area (Å²) in [6.45, 7) is 0. The predicted octanol–water partition coefficient (Wildman–Crippen LogP) is 1.41. The summed E-state index contributed by atoms with van der Waals surface area (Å²) in [7, 11) is 4.54. The fraction of sp³-hybridized carbons (Fsp3) is 0.250. The largest absolute Gasteiger partial charge is 0.493 e. The van der Waals surface area contributed by atoms with E-state index in [1.807, 2.05) is 0 Å². The Labute approximate surface area is 137 Å². The molecule has 126 valence electrons. The minimum absolute atomic E-state index is 0.209. The highest BCUT2D eigenvalue weighted by Gasteiger charge is 2.21. The Bertz CT molecular complexity index is 850. The lowest BCUT2D eigenvalue weighted by atomic mass is 10.1. The zero-order valence-corrected chi connectivity index (χ0v) is 13.4. The lowest BCUT2D eigenvalue weighted by Crippen LogP contribution is -2.06. The molecule has 2 heterocycles. The van der Waals surface area contributed by atoms with Gasteiger partial charge in [-0.05, 0) is 12.1 Å². The van der Waals surface area contributed by atoms with Gasteiger partial charge >= 0.3 is 0 Å². The van der Waals surface area contributed by atoms with E-state index in [0.29, 0.717) is 34.2 Å². The maximum absolute atomic E-state index is 9.70. The van der Waals surface area contributed by atoms with Crippen LogP contribution in [0.3, 0.4) is 0 Å². The average molecular weight is 331 g/mol. The smallest absolute Gasteiger partial charge is 0.203 e. The maximum atomic E-state index is 9.70. The van der Waals surface area contributed by atoms with Crippen LogP contribution in [0.15, 0.2) is 30.6 Å². The van der Waals surface area contributed by atoms with Crippen molar-refractivity contribution < 1.29 is 24.4 Å². The van der Waals surface area contributed by atoms with Crippen molar-refractivity contribution in [2.24, 2.45) is 0 Å². The Hall–Kier alpha value is -2.84. The van der Waals surface area contributed by atoms with E-state index in [0.717, 1.165) is 0 Å². The molecular formula is C16H17N3O5. The van der Waals surface area contributed by atoms with Crippen LogP contribution < -0.4 is 14.2 Å². The Balaban J connectivity index is 2.34. The standard InChI is InChI=1S/C16H17N3O5/c1-22-11-6-9(7-12(23-2)15(11)24-3)14-10(16(20)21)8-17-13-4-5-18-19(13)14/h4-8,16,20-21H,1-3H3. The number of hydrogen-bond acceptors (Lipinski definition) is 7. The number of aliphatic hydroxyl groups is 2. The van der Waals surface area contributed by atoms with E-state index in [1.54, 1.807) is 24.4 Å². The van der Waals surface area contributed by atoms with Crippen LogP contribution in [0.25, 0.3) is 16.9 Å². The highest BCUT2D eigenvalue weighted by Crippen LogP contribution is 2.42. The Kier molecular flexibility index (Phi) is 4.24. The van der Waals surface area contributed by atoms with E-state index < -0.39 is 6.29 Å². The number of hydrogen-bond donors (Lipinski definition) is 2. The monoisotopic (exact) mass is 331 g/mol. The molecule has 0 bridgehead atoms. The molecule has 0 aliphatic carbocycles. The van der Waals surface area contributed by atoms with Crippen LogP contribution in [0.1, 0.15) is 11.9 Å². The van der Waals surface area contributed by atoms with E-state index in [4.69, 9.17) is 14.2 Å². The normalized spacial score (nSPS) is 11.1. The van der Waals surface area contributed by atoms with Crippen LogP contribution >= 0.6 is 0 Å². The summed E-state index contributed by atoms with van der Waals surface area (Å²) in [5.74, 6) is 1.34. The van der Waals surface area contributed by atoms with Gasteiger partial charge in [-0.1, -0.05) is 0 Å². The van der Waals surface area contributed by atoms with Crippen molar-refractivity contribution >= 4 is 5.65 Å².